The first-order chi connectivity index (χ1) is 13.4. The fourth-order valence-electron chi connectivity index (χ4n) is 3.94. The molecule has 2 aromatic carbocycles. The lowest BCUT2D eigenvalue weighted by atomic mass is 10.0. The zero-order chi connectivity index (χ0) is 19.9. The van der Waals surface area contributed by atoms with Gasteiger partial charge in [-0.2, -0.15) is 0 Å². The maximum Gasteiger partial charge on any atom is 0.327 e. The van der Waals surface area contributed by atoms with Gasteiger partial charge in [0.2, 0.25) is 0 Å². The lowest BCUT2D eigenvalue weighted by molar-refractivity contribution is -0.151. The van der Waals surface area contributed by atoms with E-state index in [-0.39, 0.29) is 17.4 Å². The van der Waals surface area contributed by atoms with Gasteiger partial charge in [0.25, 0.3) is 15.9 Å². The van der Waals surface area contributed by atoms with E-state index in [1.54, 1.807) is 23.1 Å². The molecule has 1 fully saturated rings. The van der Waals surface area contributed by atoms with Crippen molar-refractivity contribution in [3.05, 3.63) is 36.4 Å². The van der Waals surface area contributed by atoms with Crippen LogP contribution in [0.15, 0.2) is 41.3 Å². The Morgan fingerprint density at radius 2 is 1.93 bits per heavy atom. The number of esters is 1. The molecule has 0 aromatic heterocycles. The molecule has 2 aliphatic rings. The van der Waals surface area contributed by atoms with Crippen molar-refractivity contribution in [3.63, 3.8) is 0 Å². The maximum absolute atomic E-state index is 12.9. The fourth-order valence-corrected chi connectivity index (χ4v) is 5.60. The van der Waals surface area contributed by atoms with Crippen LogP contribution in [0.25, 0.3) is 10.8 Å². The first-order valence-corrected chi connectivity index (χ1v) is 10.8. The standard InChI is InChI=1S/C20H22N2O5S/c1-14-5-4-10-21(11-14)18(23)13-27-19(24)12-22-16-8-2-6-15-7-3-9-17(20(15)16)28(22,25)26/h2-3,6-9,14H,4-5,10-13H2,1H3/t14-/m1/s1. The Morgan fingerprint density at radius 1 is 1.18 bits per heavy atom. The summed E-state index contributed by atoms with van der Waals surface area (Å²) in [6.45, 7) is 2.59. The molecule has 2 heterocycles. The number of sulfonamides is 1. The van der Waals surface area contributed by atoms with E-state index >= 15 is 0 Å². The van der Waals surface area contributed by atoms with Gasteiger partial charge in [-0.05, 0) is 36.3 Å². The van der Waals surface area contributed by atoms with E-state index in [0.29, 0.717) is 30.1 Å². The quantitative estimate of drug-likeness (QED) is 0.732. The second kappa shape index (κ2) is 7.09. The van der Waals surface area contributed by atoms with Crippen LogP contribution >= 0.6 is 0 Å². The average Bonchev–Trinajstić information content (AvgIpc) is 2.89. The molecule has 0 bridgehead atoms. The molecule has 0 saturated carbocycles. The van der Waals surface area contributed by atoms with Crippen LogP contribution in [-0.2, 0) is 24.3 Å². The number of rotatable bonds is 4. The number of nitrogens with zero attached hydrogens (tertiary/aromatic N) is 2. The molecule has 7 nitrogen and oxygen atoms in total. The second-order valence-electron chi connectivity index (χ2n) is 7.39. The van der Waals surface area contributed by atoms with Crippen molar-refractivity contribution in [2.24, 2.45) is 5.92 Å². The normalized spacial score (nSPS) is 20.4. The van der Waals surface area contributed by atoms with Gasteiger partial charge >= 0.3 is 5.97 Å². The number of hydrogen-bond acceptors (Lipinski definition) is 5. The molecule has 0 aliphatic carbocycles. The SMILES string of the molecule is C[C@@H]1CCCN(C(=O)COC(=O)CN2c3cccc4cccc(c34)S2(=O)=O)C1. The van der Waals surface area contributed by atoms with E-state index in [2.05, 4.69) is 6.92 Å². The number of carbonyl (C=O) groups is 2. The minimum Gasteiger partial charge on any atom is -0.454 e. The Balaban J connectivity index is 1.45. The van der Waals surface area contributed by atoms with Crippen LogP contribution in [0.4, 0.5) is 5.69 Å². The number of carbonyl (C=O) groups excluding carboxylic acids is 2. The topological polar surface area (TPSA) is 84.0 Å². The van der Waals surface area contributed by atoms with E-state index in [1.807, 2.05) is 12.1 Å². The van der Waals surface area contributed by atoms with Crippen LogP contribution in [0.3, 0.4) is 0 Å². The third kappa shape index (κ3) is 3.22. The Labute approximate surface area is 163 Å². The zero-order valence-electron chi connectivity index (χ0n) is 15.6. The van der Waals surface area contributed by atoms with Crippen LogP contribution < -0.4 is 4.31 Å². The average molecular weight is 402 g/mol. The summed E-state index contributed by atoms with van der Waals surface area (Å²) >= 11 is 0. The summed E-state index contributed by atoms with van der Waals surface area (Å²) in [5.74, 6) is -0.552. The molecule has 1 amide bonds. The molecule has 2 aromatic rings. The Bertz CT molecular complexity index is 1040. The Morgan fingerprint density at radius 3 is 2.68 bits per heavy atom. The summed E-state index contributed by atoms with van der Waals surface area (Å²) in [7, 11) is -3.82. The number of hydrogen-bond donors (Lipinski definition) is 0. The van der Waals surface area contributed by atoms with Crippen LogP contribution in [0.5, 0.6) is 0 Å². The van der Waals surface area contributed by atoms with Gasteiger partial charge in [0, 0.05) is 18.5 Å². The smallest absolute Gasteiger partial charge is 0.327 e. The van der Waals surface area contributed by atoms with Crippen LogP contribution in [-0.4, -0.2) is 51.4 Å². The maximum atomic E-state index is 12.9. The summed E-state index contributed by atoms with van der Waals surface area (Å²) in [6.07, 6.45) is 2.03. The lowest BCUT2D eigenvalue weighted by Gasteiger charge is -2.30. The van der Waals surface area contributed by atoms with Gasteiger partial charge in [-0.1, -0.05) is 31.2 Å². The Kier molecular flexibility index (Phi) is 4.74. The molecule has 0 radical (unpaired) electrons. The molecular formula is C20H22N2O5S. The van der Waals surface area contributed by atoms with Crippen LogP contribution in [0.1, 0.15) is 19.8 Å². The number of anilines is 1. The molecular weight excluding hydrogens is 380 g/mol. The van der Waals surface area contributed by atoms with E-state index in [4.69, 9.17) is 4.74 Å². The highest BCUT2D eigenvalue weighted by Crippen LogP contribution is 2.41. The highest BCUT2D eigenvalue weighted by Gasteiger charge is 2.37. The van der Waals surface area contributed by atoms with E-state index in [9.17, 15) is 18.0 Å². The summed E-state index contributed by atoms with van der Waals surface area (Å²) in [5.41, 5.74) is 0.459. The molecule has 28 heavy (non-hydrogen) atoms. The minimum atomic E-state index is -3.82. The largest absolute Gasteiger partial charge is 0.454 e. The highest BCUT2D eigenvalue weighted by atomic mass is 32.2. The molecule has 8 heteroatoms. The van der Waals surface area contributed by atoms with Gasteiger partial charge in [0.1, 0.15) is 6.54 Å². The molecule has 0 N–H and O–H groups in total. The van der Waals surface area contributed by atoms with Gasteiger partial charge in [-0.15, -0.1) is 0 Å². The monoisotopic (exact) mass is 402 g/mol. The Hall–Kier alpha value is -2.61. The fraction of sp³-hybridized carbons (Fsp3) is 0.400. The molecule has 1 saturated heterocycles. The molecule has 0 unspecified atom stereocenters. The van der Waals surface area contributed by atoms with Crippen molar-refractivity contribution in [3.8, 4) is 0 Å². The van der Waals surface area contributed by atoms with Crippen LogP contribution in [0, 0.1) is 5.92 Å². The van der Waals surface area contributed by atoms with Crippen molar-refractivity contribution in [1.29, 1.82) is 0 Å². The van der Waals surface area contributed by atoms with Gasteiger partial charge in [0.15, 0.2) is 6.61 Å². The van der Waals surface area contributed by atoms with Crippen molar-refractivity contribution >= 4 is 38.4 Å². The van der Waals surface area contributed by atoms with Crippen LogP contribution in [0.2, 0.25) is 0 Å². The van der Waals surface area contributed by atoms with E-state index < -0.39 is 22.5 Å². The predicted molar refractivity (Wildman–Crippen MR) is 104 cm³/mol. The number of amides is 1. The number of ether oxygens (including phenoxy) is 1. The first kappa shape index (κ1) is 18.7. The van der Waals surface area contributed by atoms with E-state index in [1.165, 1.54) is 6.07 Å². The highest BCUT2D eigenvalue weighted by molar-refractivity contribution is 7.93. The van der Waals surface area contributed by atoms with Gasteiger partial charge in [0.05, 0.1) is 10.6 Å². The third-order valence-corrected chi connectivity index (χ3v) is 7.12. The zero-order valence-corrected chi connectivity index (χ0v) is 16.4. The molecule has 2 aliphatic heterocycles. The van der Waals surface area contributed by atoms with E-state index in [0.717, 1.165) is 22.5 Å². The van der Waals surface area contributed by atoms with Crippen molar-refractivity contribution in [2.75, 3.05) is 30.5 Å². The summed E-state index contributed by atoms with van der Waals surface area (Å²) in [5, 5.41) is 1.40. The first-order valence-electron chi connectivity index (χ1n) is 9.36. The molecule has 4 rings (SSSR count). The summed E-state index contributed by atoms with van der Waals surface area (Å²) in [6, 6.07) is 10.3. The minimum absolute atomic E-state index is 0.187. The number of benzene rings is 2. The molecule has 0 spiro atoms. The second-order valence-corrected chi connectivity index (χ2v) is 9.22. The van der Waals surface area contributed by atoms with Crippen molar-refractivity contribution < 1.29 is 22.7 Å². The molecule has 148 valence electrons. The van der Waals surface area contributed by atoms with Crippen molar-refractivity contribution in [1.82, 2.24) is 4.90 Å². The number of piperidine rings is 1. The van der Waals surface area contributed by atoms with Gasteiger partial charge in [-0.3, -0.25) is 13.9 Å². The van der Waals surface area contributed by atoms with Crippen molar-refractivity contribution in [2.45, 2.75) is 24.7 Å². The van der Waals surface area contributed by atoms with Gasteiger partial charge in [-0.25, -0.2) is 8.42 Å². The lowest BCUT2D eigenvalue weighted by Crippen LogP contribution is -2.42. The molecule has 1 atom stereocenters. The third-order valence-electron chi connectivity index (χ3n) is 5.32. The predicted octanol–water partition coefficient (Wildman–Crippen LogP) is 2.15. The van der Waals surface area contributed by atoms with Gasteiger partial charge < -0.3 is 9.64 Å². The summed E-state index contributed by atoms with van der Waals surface area (Å²) in [4.78, 5) is 26.5. The number of likely N-dealkylation sites (tertiary alicyclic amines) is 1. The summed E-state index contributed by atoms with van der Waals surface area (Å²) < 4.78 is 31.9.